The molecule has 0 radical (unpaired) electrons. The number of nitro groups is 1. The predicted octanol–water partition coefficient (Wildman–Crippen LogP) is 1.65. The average Bonchev–Trinajstić information content (AvgIpc) is 2.27. The Bertz CT molecular complexity index is 516. The molecular weight excluding hydrogens is 229 g/mol. The maximum Gasteiger partial charge on any atom is 0.384 e. The number of benzene rings is 1. The number of ether oxygens (including phenoxy) is 1. The molecule has 6 heteroatoms. The first-order valence-corrected chi connectivity index (χ1v) is 4.68. The molecule has 0 bridgehead atoms. The third-order valence-corrected chi connectivity index (χ3v) is 1.75. The Morgan fingerprint density at radius 1 is 1.59 bits per heavy atom. The van der Waals surface area contributed by atoms with E-state index in [1.807, 2.05) is 5.92 Å². The van der Waals surface area contributed by atoms with Crippen LogP contribution >= 0.6 is 0 Å². The van der Waals surface area contributed by atoms with Gasteiger partial charge in [-0.1, -0.05) is 12.0 Å². The molecule has 0 fully saturated rings. The molecule has 0 heterocycles. The first-order valence-electron chi connectivity index (χ1n) is 4.68. The lowest BCUT2D eigenvalue weighted by atomic mass is 10.2. The molecule has 5 nitrogen and oxygen atoms in total. The van der Waals surface area contributed by atoms with E-state index in [-0.39, 0.29) is 12.2 Å². The highest BCUT2D eigenvalue weighted by atomic mass is 19.1. The summed E-state index contributed by atoms with van der Waals surface area (Å²) in [5.74, 6) is 2.35. The van der Waals surface area contributed by atoms with Crippen LogP contribution in [0.1, 0.15) is 12.5 Å². The maximum absolute atomic E-state index is 13.5. The van der Waals surface area contributed by atoms with Gasteiger partial charge in [0, 0.05) is 12.0 Å². The number of rotatable bonds is 2. The van der Waals surface area contributed by atoms with Gasteiger partial charge in [0.2, 0.25) is 5.82 Å². The quantitative estimate of drug-likeness (QED) is 0.339. The SMILES string of the molecule is CCOC(=O)C#Cc1cccc([N+](=O)[O-])c1F. The minimum absolute atomic E-state index is 0.158. The van der Waals surface area contributed by atoms with Crippen LogP contribution in [0.2, 0.25) is 0 Å². The van der Waals surface area contributed by atoms with E-state index < -0.39 is 22.4 Å². The van der Waals surface area contributed by atoms with Crippen LogP contribution in [0, 0.1) is 27.8 Å². The maximum atomic E-state index is 13.5. The van der Waals surface area contributed by atoms with E-state index in [0.29, 0.717) is 0 Å². The van der Waals surface area contributed by atoms with Crippen LogP contribution in [0.25, 0.3) is 0 Å². The number of esters is 1. The lowest BCUT2D eigenvalue weighted by Crippen LogP contribution is -2.00. The summed E-state index contributed by atoms with van der Waals surface area (Å²) in [7, 11) is 0. The normalized spacial score (nSPS) is 9.06. The topological polar surface area (TPSA) is 69.4 Å². The molecule has 0 spiro atoms. The number of nitrogens with zero attached hydrogens (tertiary/aromatic N) is 1. The largest absolute Gasteiger partial charge is 0.456 e. The van der Waals surface area contributed by atoms with Crippen molar-refractivity contribution in [3.05, 3.63) is 39.7 Å². The second kappa shape index (κ2) is 5.61. The lowest BCUT2D eigenvalue weighted by Gasteiger charge is -1.95. The molecule has 0 atom stereocenters. The zero-order valence-electron chi connectivity index (χ0n) is 8.90. The van der Waals surface area contributed by atoms with Crippen LogP contribution < -0.4 is 0 Å². The molecule has 0 amide bonds. The van der Waals surface area contributed by atoms with Crippen LogP contribution in [0.4, 0.5) is 10.1 Å². The molecule has 0 saturated heterocycles. The van der Waals surface area contributed by atoms with Crippen LogP contribution in [0.3, 0.4) is 0 Å². The minimum Gasteiger partial charge on any atom is -0.456 e. The minimum atomic E-state index is -1.06. The number of hydrogen-bond acceptors (Lipinski definition) is 4. The van der Waals surface area contributed by atoms with Crippen molar-refractivity contribution >= 4 is 11.7 Å². The first-order chi connectivity index (χ1) is 8.06. The van der Waals surface area contributed by atoms with Crippen LogP contribution in [0.5, 0.6) is 0 Å². The van der Waals surface area contributed by atoms with Gasteiger partial charge in [0.15, 0.2) is 0 Å². The Morgan fingerprint density at radius 2 is 2.29 bits per heavy atom. The van der Waals surface area contributed by atoms with Crippen molar-refractivity contribution in [1.82, 2.24) is 0 Å². The molecule has 1 rings (SSSR count). The molecule has 0 aromatic heterocycles. The number of halogens is 1. The van der Waals surface area contributed by atoms with Crippen molar-refractivity contribution < 1.29 is 18.8 Å². The highest BCUT2D eigenvalue weighted by Crippen LogP contribution is 2.19. The van der Waals surface area contributed by atoms with E-state index in [1.54, 1.807) is 6.92 Å². The van der Waals surface area contributed by atoms with E-state index in [1.165, 1.54) is 12.1 Å². The molecule has 17 heavy (non-hydrogen) atoms. The van der Waals surface area contributed by atoms with E-state index in [0.717, 1.165) is 6.07 Å². The van der Waals surface area contributed by atoms with E-state index in [2.05, 4.69) is 10.7 Å². The Balaban J connectivity index is 3.04. The third-order valence-electron chi connectivity index (χ3n) is 1.75. The van der Waals surface area contributed by atoms with Gasteiger partial charge in [-0.2, -0.15) is 4.39 Å². The second-order valence-electron chi connectivity index (χ2n) is 2.87. The van der Waals surface area contributed by atoms with Crippen molar-refractivity contribution in [3.8, 4) is 11.8 Å². The highest BCUT2D eigenvalue weighted by Gasteiger charge is 2.15. The van der Waals surface area contributed by atoms with Gasteiger partial charge in [-0.3, -0.25) is 10.1 Å². The molecule has 0 saturated carbocycles. The van der Waals surface area contributed by atoms with Crippen molar-refractivity contribution in [3.63, 3.8) is 0 Å². The fraction of sp³-hybridized carbons (Fsp3) is 0.182. The summed E-state index contributed by atoms with van der Waals surface area (Å²) < 4.78 is 18.0. The summed E-state index contributed by atoms with van der Waals surface area (Å²) in [6, 6.07) is 3.55. The first kappa shape index (κ1) is 12.6. The highest BCUT2D eigenvalue weighted by molar-refractivity contribution is 5.89. The summed E-state index contributed by atoms with van der Waals surface area (Å²) in [6.45, 7) is 1.76. The van der Waals surface area contributed by atoms with Gasteiger partial charge in [-0.25, -0.2) is 4.79 Å². The average molecular weight is 237 g/mol. The monoisotopic (exact) mass is 237 g/mol. The predicted molar refractivity (Wildman–Crippen MR) is 56.6 cm³/mol. The van der Waals surface area contributed by atoms with Crippen molar-refractivity contribution in [2.45, 2.75) is 6.92 Å². The Morgan fingerprint density at radius 3 is 2.88 bits per heavy atom. The van der Waals surface area contributed by atoms with Gasteiger partial charge in [0.05, 0.1) is 17.1 Å². The second-order valence-corrected chi connectivity index (χ2v) is 2.87. The summed E-state index contributed by atoms with van der Waals surface area (Å²) in [4.78, 5) is 20.5. The number of carbonyl (C=O) groups is 1. The molecule has 0 aliphatic heterocycles. The number of nitro benzene ring substituents is 1. The van der Waals surface area contributed by atoms with Gasteiger partial charge < -0.3 is 4.74 Å². The molecule has 88 valence electrons. The molecule has 1 aromatic rings. The van der Waals surface area contributed by atoms with Crippen LogP contribution in [-0.4, -0.2) is 17.5 Å². The van der Waals surface area contributed by atoms with Crippen molar-refractivity contribution in [1.29, 1.82) is 0 Å². The van der Waals surface area contributed by atoms with Gasteiger partial charge in [0.25, 0.3) is 0 Å². The zero-order chi connectivity index (χ0) is 12.8. The number of carbonyl (C=O) groups excluding carboxylic acids is 1. The van der Waals surface area contributed by atoms with E-state index >= 15 is 0 Å². The third kappa shape index (κ3) is 3.28. The lowest BCUT2D eigenvalue weighted by molar-refractivity contribution is -0.387. The fourth-order valence-corrected chi connectivity index (χ4v) is 1.04. The fourth-order valence-electron chi connectivity index (χ4n) is 1.04. The number of hydrogen-bond donors (Lipinski definition) is 0. The molecule has 0 unspecified atom stereocenters. The van der Waals surface area contributed by atoms with Crippen molar-refractivity contribution in [2.24, 2.45) is 0 Å². The summed E-state index contributed by atoms with van der Waals surface area (Å²) in [5.41, 5.74) is -0.895. The standard InChI is InChI=1S/C11H8FNO4/c1-2-17-10(14)7-6-8-4-3-5-9(11(8)12)13(15)16/h3-5H,2H2,1H3. The van der Waals surface area contributed by atoms with E-state index in [9.17, 15) is 19.3 Å². The van der Waals surface area contributed by atoms with E-state index in [4.69, 9.17) is 0 Å². The molecule has 0 aliphatic rings. The Labute approximate surface area is 96.3 Å². The van der Waals surface area contributed by atoms with Gasteiger partial charge in [0.1, 0.15) is 0 Å². The van der Waals surface area contributed by atoms with Crippen LogP contribution in [-0.2, 0) is 9.53 Å². The Kier molecular flexibility index (Phi) is 4.17. The molecule has 0 aliphatic carbocycles. The summed E-state index contributed by atoms with van der Waals surface area (Å²) >= 11 is 0. The van der Waals surface area contributed by atoms with Gasteiger partial charge in [-0.15, -0.1) is 0 Å². The summed E-state index contributed by atoms with van der Waals surface area (Å²) in [6.07, 6.45) is 0. The van der Waals surface area contributed by atoms with Gasteiger partial charge in [-0.05, 0) is 13.0 Å². The zero-order valence-corrected chi connectivity index (χ0v) is 8.90. The molecular formula is C11H8FNO4. The molecule has 0 N–H and O–H groups in total. The Hall–Kier alpha value is -2.42. The summed E-state index contributed by atoms with van der Waals surface area (Å²) in [5, 5.41) is 10.4. The molecule has 1 aromatic carbocycles. The van der Waals surface area contributed by atoms with Crippen molar-refractivity contribution in [2.75, 3.05) is 6.61 Å². The smallest absolute Gasteiger partial charge is 0.384 e. The van der Waals surface area contributed by atoms with Gasteiger partial charge >= 0.3 is 11.7 Å². The van der Waals surface area contributed by atoms with Crippen LogP contribution in [0.15, 0.2) is 18.2 Å².